The normalized spacial score (nSPS) is 11.2. The van der Waals surface area contributed by atoms with Gasteiger partial charge >= 0.3 is 21.7 Å². The van der Waals surface area contributed by atoms with Crippen molar-refractivity contribution in [2.45, 2.75) is 66.1 Å². The van der Waals surface area contributed by atoms with Gasteiger partial charge in [0, 0.05) is 0 Å². The van der Waals surface area contributed by atoms with Crippen LogP contribution in [0.25, 0.3) is 11.1 Å². The summed E-state index contributed by atoms with van der Waals surface area (Å²) in [6.07, 6.45) is 0. The van der Waals surface area contributed by atoms with Crippen molar-refractivity contribution in [3.05, 3.63) is 101 Å². The third-order valence-electron chi connectivity index (χ3n) is 8.02. The third-order valence-corrected chi connectivity index (χ3v) is 15.3. The first-order valence-corrected chi connectivity index (χ1v) is 22.4. The number of halogens is 3. The molecule has 0 aromatic heterocycles. The molecule has 0 aliphatic carbocycles. The fourth-order valence-electron chi connectivity index (χ4n) is 5.40. The molecule has 0 atom stereocenters. The molecule has 0 spiro atoms. The molecule has 0 fully saturated rings. The topological polar surface area (TPSA) is 0 Å². The predicted octanol–water partition coefficient (Wildman–Crippen LogP) is -2.78. The first-order valence-electron chi connectivity index (χ1n) is 13.4. The van der Waals surface area contributed by atoms with E-state index in [4.69, 9.17) is 0 Å². The first-order chi connectivity index (χ1) is 16.9. The van der Waals surface area contributed by atoms with Gasteiger partial charge in [-0.1, -0.05) is 171 Å². The van der Waals surface area contributed by atoms with E-state index in [1.165, 1.54) is 38.2 Å². The van der Waals surface area contributed by atoms with Crippen LogP contribution in [0.15, 0.2) is 78.9 Å². The number of rotatable bonds is 7. The Kier molecular flexibility index (Phi) is 15.3. The Bertz CT molecular complexity index is 1280. The van der Waals surface area contributed by atoms with Crippen LogP contribution >= 0.6 is 0 Å². The minimum absolute atomic E-state index is 0. The average molecular weight is 678 g/mol. The monoisotopic (exact) mass is 676 g/mol. The van der Waals surface area contributed by atoms with Gasteiger partial charge in [-0.05, 0) is 0 Å². The van der Waals surface area contributed by atoms with E-state index >= 15 is 0 Å². The molecule has 0 N–H and O–H groups in total. The van der Waals surface area contributed by atoms with E-state index in [2.05, 4.69) is 139 Å². The molecule has 212 valence electrons. The third kappa shape index (κ3) is 8.64. The molecule has 0 aliphatic rings. The smallest absolute Gasteiger partial charge is 1.00 e. The largest absolute Gasteiger partial charge is 4.00 e. The molecule has 4 rings (SSSR count). The molecule has 4 aromatic carbocycles. The van der Waals surface area contributed by atoms with Crippen LogP contribution in [0, 0.1) is 20.8 Å². The van der Waals surface area contributed by atoms with Crippen LogP contribution < -0.4 is 58.0 Å². The summed E-state index contributed by atoms with van der Waals surface area (Å²) in [6.45, 7) is 22.0. The van der Waals surface area contributed by atoms with Crippen molar-refractivity contribution in [3.63, 3.8) is 0 Å². The zero-order valence-electron chi connectivity index (χ0n) is 25.4. The Balaban J connectivity index is 0.00000380. The molecule has 0 saturated heterocycles. The summed E-state index contributed by atoms with van der Waals surface area (Å²) in [5.41, 5.74) is 9.02. The zero-order valence-corrected chi connectivity index (χ0v) is 32.4. The van der Waals surface area contributed by atoms with E-state index in [-0.39, 0.29) is 58.9 Å². The van der Waals surface area contributed by atoms with Crippen molar-refractivity contribution in [1.29, 1.82) is 0 Å². The van der Waals surface area contributed by atoms with Gasteiger partial charge in [0.15, 0.2) is 0 Å². The van der Waals surface area contributed by atoms with E-state index in [9.17, 15) is 0 Å². The summed E-state index contributed by atoms with van der Waals surface area (Å²) in [5, 5.41) is 6.26. The Hall–Kier alpha value is -0.755. The van der Waals surface area contributed by atoms with Crippen LogP contribution in [0.4, 0.5) is 0 Å². The van der Waals surface area contributed by atoms with E-state index < -0.39 is 24.9 Å². The molecule has 0 heterocycles. The fraction of sp³-hybridized carbons (Fsp3) is 0.303. The maximum atomic E-state index is 2.56. The standard InChI is InChI=1S/C33H43Si3.3ClH.Ti/c1-24-25(2)32(23-34(28-16-12-10-13-17-28)29-18-14-11-15-19-29)33(26(24)3)27-20-30(35(4,5)6)22-31(21-27)36(7,8)9;;;;/h10-22,34H,23H2,1-9H3;3*1H;/q-1;;;;+4/p-3. The van der Waals surface area contributed by atoms with E-state index in [0.29, 0.717) is 0 Å². The van der Waals surface area contributed by atoms with Crippen LogP contribution in [0.5, 0.6) is 0 Å². The quantitative estimate of drug-likeness (QED) is 0.147. The maximum Gasteiger partial charge on any atom is 4.00 e. The van der Waals surface area contributed by atoms with Crippen LogP contribution in [-0.2, 0) is 27.8 Å². The summed E-state index contributed by atoms with van der Waals surface area (Å²) in [5.74, 6) is 0. The van der Waals surface area contributed by atoms with Gasteiger partial charge < -0.3 is 37.2 Å². The van der Waals surface area contributed by atoms with Crippen LogP contribution in [0.2, 0.25) is 39.3 Å². The molecule has 4 aromatic rings. The van der Waals surface area contributed by atoms with E-state index in [1.54, 1.807) is 15.9 Å². The molecule has 7 heteroatoms. The molecule has 0 unspecified atom stereocenters. The molecule has 0 saturated carbocycles. The summed E-state index contributed by atoms with van der Waals surface area (Å²) in [7, 11) is -4.35. The van der Waals surface area contributed by atoms with E-state index in [1.807, 2.05) is 0 Å². The van der Waals surface area contributed by atoms with E-state index in [0.717, 1.165) is 6.04 Å². The van der Waals surface area contributed by atoms with Gasteiger partial charge in [-0.3, -0.25) is 0 Å². The van der Waals surface area contributed by atoms with Crippen LogP contribution in [-0.4, -0.2) is 24.9 Å². The van der Waals surface area contributed by atoms with Gasteiger partial charge in [0.05, 0.1) is 24.9 Å². The van der Waals surface area contributed by atoms with Gasteiger partial charge in [0.2, 0.25) is 0 Å². The molecule has 40 heavy (non-hydrogen) atoms. The van der Waals surface area contributed by atoms with Crippen LogP contribution in [0.1, 0.15) is 22.3 Å². The summed E-state index contributed by atoms with van der Waals surface area (Å²) < 4.78 is 0. The van der Waals surface area contributed by atoms with Gasteiger partial charge in [-0.2, -0.15) is 11.1 Å². The minimum atomic E-state index is -1.46. The number of hydrogen-bond acceptors (Lipinski definition) is 0. The zero-order chi connectivity index (χ0) is 26.3. The second-order valence-electron chi connectivity index (χ2n) is 12.6. The van der Waals surface area contributed by atoms with Gasteiger partial charge in [-0.15, -0.1) is 16.7 Å². The minimum Gasteiger partial charge on any atom is -1.00 e. The Labute approximate surface area is 280 Å². The van der Waals surface area contributed by atoms with Crippen molar-refractivity contribution in [2.75, 3.05) is 0 Å². The number of benzene rings is 3. The summed E-state index contributed by atoms with van der Waals surface area (Å²) in [4.78, 5) is 0. The molecule has 0 nitrogen and oxygen atoms in total. The first kappa shape index (κ1) is 39.2. The summed E-state index contributed by atoms with van der Waals surface area (Å²) in [6, 6.07) is 31.4. The van der Waals surface area contributed by atoms with Crippen molar-refractivity contribution < 1.29 is 58.9 Å². The fourth-order valence-corrected chi connectivity index (χ4v) is 11.0. The predicted molar refractivity (Wildman–Crippen MR) is 171 cm³/mol. The number of hydrogen-bond donors (Lipinski definition) is 0. The molecule has 0 aliphatic heterocycles. The Morgan fingerprint density at radius 3 is 1.38 bits per heavy atom. The second-order valence-corrected chi connectivity index (χ2v) is 25.6. The van der Waals surface area contributed by atoms with Crippen molar-refractivity contribution in [3.8, 4) is 11.1 Å². The Morgan fingerprint density at radius 2 is 1.00 bits per heavy atom. The second kappa shape index (κ2) is 15.6. The SMILES string of the molecule is Cc1c(C)c(-c2cc([Si](C)(C)C)cc([Si](C)(C)C)c2)[c-](C[SiH](c2ccccc2)c2ccccc2)c1C.[Cl-].[Cl-].[Cl-].[Ti+4]. The molecule has 0 bridgehead atoms. The Morgan fingerprint density at radius 1 is 0.600 bits per heavy atom. The van der Waals surface area contributed by atoms with Crippen molar-refractivity contribution in [1.82, 2.24) is 0 Å². The molecular formula is C33H43Cl3Si3Ti. The molecule has 0 amide bonds. The molecular weight excluding hydrogens is 635 g/mol. The average Bonchev–Trinajstić information content (AvgIpc) is 3.05. The summed E-state index contributed by atoms with van der Waals surface area (Å²) >= 11 is 0. The van der Waals surface area contributed by atoms with Gasteiger partial charge in [0.25, 0.3) is 0 Å². The maximum absolute atomic E-state index is 2.56. The van der Waals surface area contributed by atoms with Crippen molar-refractivity contribution in [2.24, 2.45) is 0 Å². The van der Waals surface area contributed by atoms with Gasteiger partial charge in [0.1, 0.15) is 0 Å². The van der Waals surface area contributed by atoms with Crippen LogP contribution in [0.3, 0.4) is 0 Å². The molecule has 0 radical (unpaired) electrons. The van der Waals surface area contributed by atoms with Gasteiger partial charge in [-0.25, -0.2) is 0 Å². The van der Waals surface area contributed by atoms with Crippen molar-refractivity contribution >= 4 is 45.7 Å².